The largest absolute Gasteiger partial charge is 0.287 e. The number of aryl methyl sites for hydroxylation is 1. The van der Waals surface area contributed by atoms with E-state index >= 15 is 0 Å². The summed E-state index contributed by atoms with van der Waals surface area (Å²) < 4.78 is 27.6. The van der Waals surface area contributed by atoms with E-state index in [9.17, 15) is 13.6 Å². The van der Waals surface area contributed by atoms with E-state index in [1.54, 1.807) is 0 Å². The average Bonchev–Trinajstić information content (AvgIpc) is 2.76. The third-order valence-electron chi connectivity index (χ3n) is 2.42. The molecule has 1 aromatic heterocycles. The van der Waals surface area contributed by atoms with Gasteiger partial charge in [-0.2, -0.15) is 5.10 Å². The molecule has 5 heteroatoms. The van der Waals surface area contributed by atoms with Crippen LogP contribution in [0.2, 0.25) is 0 Å². The van der Waals surface area contributed by atoms with Gasteiger partial charge in [0.25, 0.3) is 0 Å². The van der Waals surface area contributed by atoms with Gasteiger partial charge < -0.3 is 0 Å². The summed E-state index contributed by atoms with van der Waals surface area (Å²) in [6.45, 7) is 2.34. The van der Waals surface area contributed by atoms with E-state index in [0.717, 1.165) is 12.1 Å². The summed E-state index contributed by atoms with van der Waals surface area (Å²) in [5.41, 5.74) is 0.139. The highest BCUT2D eigenvalue weighted by Gasteiger charge is 2.17. The molecule has 0 saturated heterocycles. The number of nitrogens with zero attached hydrogens (tertiary/aromatic N) is 2. The summed E-state index contributed by atoms with van der Waals surface area (Å²) >= 11 is 0. The summed E-state index contributed by atoms with van der Waals surface area (Å²) in [6, 6.07) is 4.40. The predicted molar refractivity (Wildman–Crippen MR) is 57.7 cm³/mol. The average molecular weight is 236 g/mol. The van der Waals surface area contributed by atoms with Gasteiger partial charge in [0.1, 0.15) is 17.3 Å². The number of halogens is 2. The van der Waals surface area contributed by atoms with Crippen LogP contribution in [0.3, 0.4) is 0 Å². The van der Waals surface area contributed by atoms with Crippen molar-refractivity contribution in [1.29, 1.82) is 0 Å². The summed E-state index contributed by atoms with van der Waals surface area (Å²) in [7, 11) is 0. The molecule has 2 aromatic rings. The number of carbonyl (C=O) groups is 1. The Morgan fingerprint density at radius 3 is 2.76 bits per heavy atom. The minimum atomic E-state index is -0.862. The van der Waals surface area contributed by atoms with Gasteiger partial charge in [0.15, 0.2) is 0 Å². The van der Waals surface area contributed by atoms with Gasteiger partial charge in [-0.1, -0.05) is 0 Å². The molecular formula is C12H10F2N2O. The quantitative estimate of drug-likeness (QED) is 0.767. The van der Waals surface area contributed by atoms with Crippen molar-refractivity contribution in [2.45, 2.75) is 13.5 Å². The van der Waals surface area contributed by atoms with Crippen LogP contribution in [0.1, 0.15) is 23.0 Å². The van der Waals surface area contributed by atoms with Crippen molar-refractivity contribution < 1.29 is 13.6 Å². The highest BCUT2D eigenvalue weighted by Crippen LogP contribution is 2.14. The molecule has 0 aliphatic heterocycles. The number of carbonyl (C=O) groups excluding carboxylic acids is 1. The van der Waals surface area contributed by atoms with Gasteiger partial charge in [-0.05, 0) is 25.1 Å². The molecule has 88 valence electrons. The molecule has 0 fully saturated rings. The number of benzene rings is 1. The minimum absolute atomic E-state index is 0.151. The summed E-state index contributed by atoms with van der Waals surface area (Å²) in [4.78, 5) is 12.0. The van der Waals surface area contributed by atoms with Gasteiger partial charge >= 0.3 is 0 Å². The normalized spacial score (nSPS) is 10.5. The first-order valence-corrected chi connectivity index (χ1v) is 5.15. The molecule has 0 aliphatic carbocycles. The molecule has 0 bridgehead atoms. The number of ketones is 1. The standard InChI is InChI=1S/C12H10F2N2O/c1-2-16-11(5-6-15-16)12(17)9-4-3-8(13)7-10(9)14/h3-7H,2H2,1H3. The Labute approximate surface area is 96.7 Å². The lowest BCUT2D eigenvalue weighted by molar-refractivity contribution is 0.102. The third kappa shape index (κ3) is 2.08. The van der Waals surface area contributed by atoms with Crippen LogP contribution in [0.5, 0.6) is 0 Å². The lowest BCUT2D eigenvalue weighted by atomic mass is 10.1. The highest BCUT2D eigenvalue weighted by atomic mass is 19.1. The summed E-state index contributed by atoms with van der Waals surface area (Å²) in [6.07, 6.45) is 1.47. The molecule has 1 aromatic carbocycles. The molecule has 0 unspecified atom stereocenters. The Hall–Kier alpha value is -2.04. The van der Waals surface area contributed by atoms with Crippen molar-refractivity contribution in [2.75, 3.05) is 0 Å². The number of rotatable bonds is 3. The van der Waals surface area contributed by atoms with E-state index in [0.29, 0.717) is 12.6 Å². The van der Waals surface area contributed by atoms with Crippen LogP contribution in [-0.4, -0.2) is 15.6 Å². The zero-order valence-electron chi connectivity index (χ0n) is 9.15. The van der Waals surface area contributed by atoms with E-state index in [-0.39, 0.29) is 11.3 Å². The van der Waals surface area contributed by atoms with E-state index in [2.05, 4.69) is 5.10 Å². The Balaban J connectivity index is 2.44. The molecule has 2 rings (SSSR count). The Kier molecular flexibility index (Phi) is 2.99. The molecule has 17 heavy (non-hydrogen) atoms. The van der Waals surface area contributed by atoms with E-state index in [1.807, 2.05) is 6.92 Å². The second-order valence-electron chi connectivity index (χ2n) is 3.49. The number of hydrogen-bond acceptors (Lipinski definition) is 2. The highest BCUT2D eigenvalue weighted by molar-refractivity contribution is 6.08. The molecule has 0 spiro atoms. The van der Waals surface area contributed by atoms with Crippen molar-refractivity contribution >= 4 is 5.78 Å². The van der Waals surface area contributed by atoms with Crippen LogP contribution in [-0.2, 0) is 6.54 Å². The van der Waals surface area contributed by atoms with Crippen LogP contribution in [0.25, 0.3) is 0 Å². The van der Waals surface area contributed by atoms with Crippen LogP contribution in [0.15, 0.2) is 30.5 Å². The van der Waals surface area contributed by atoms with E-state index in [1.165, 1.54) is 16.9 Å². The maximum Gasteiger partial charge on any atom is 0.213 e. The zero-order valence-corrected chi connectivity index (χ0v) is 9.15. The van der Waals surface area contributed by atoms with Gasteiger partial charge in [0.05, 0.1) is 5.56 Å². The fourth-order valence-corrected chi connectivity index (χ4v) is 1.59. The summed E-state index contributed by atoms with van der Waals surface area (Å²) in [5, 5.41) is 3.93. The topological polar surface area (TPSA) is 34.9 Å². The molecule has 0 aliphatic rings. The van der Waals surface area contributed by atoms with Gasteiger partial charge in [0, 0.05) is 18.8 Å². The lowest BCUT2D eigenvalue weighted by Crippen LogP contribution is -2.12. The van der Waals surface area contributed by atoms with Gasteiger partial charge in [-0.15, -0.1) is 0 Å². The number of hydrogen-bond donors (Lipinski definition) is 0. The molecule has 0 radical (unpaired) electrons. The molecule has 0 atom stereocenters. The smallest absolute Gasteiger partial charge is 0.213 e. The van der Waals surface area contributed by atoms with Crippen LogP contribution < -0.4 is 0 Å². The summed E-state index contributed by atoms with van der Waals surface area (Å²) in [5.74, 6) is -2.07. The molecule has 0 amide bonds. The SMILES string of the molecule is CCn1nccc1C(=O)c1ccc(F)cc1F. The number of aromatic nitrogens is 2. The van der Waals surface area contributed by atoms with Crippen molar-refractivity contribution in [3.8, 4) is 0 Å². The molecule has 1 heterocycles. The van der Waals surface area contributed by atoms with Crippen molar-refractivity contribution in [3.05, 3.63) is 53.4 Å². The Morgan fingerprint density at radius 1 is 1.35 bits per heavy atom. The van der Waals surface area contributed by atoms with E-state index in [4.69, 9.17) is 0 Å². The maximum atomic E-state index is 13.4. The van der Waals surface area contributed by atoms with Crippen LogP contribution >= 0.6 is 0 Å². The van der Waals surface area contributed by atoms with Crippen LogP contribution in [0, 0.1) is 11.6 Å². The fourth-order valence-electron chi connectivity index (χ4n) is 1.59. The lowest BCUT2D eigenvalue weighted by Gasteiger charge is -2.04. The molecule has 3 nitrogen and oxygen atoms in total. The minimum Gasteiger partial charge on any atom is -0.287 e. The van der Waals surface area contributed by atoms with Gasteiger partial charge in [-0.3, -0.25) is 9.48 Å². The monoisotopic (exact) mass is 236 g/mol. The first-order chi connectivity index (χ1) is 8.13. The zero-order chi connectivity index (χ0) is 12.4. The van der Waals surface area contributed by atoms with E-state index < -0.39 is 17.4 Å². The van der Waals surface area contributed by atoms with Gasteiger partial charge in [0.2, 0.25) is 5.78 Å². The Bertz CT molecular complexity index is 563. The second-order valence-corrected chi connectivity index (χ2v) is 3.49. The first-order valence-electron chi connectivity index (χ1n) is 5.15. The molecule has 0 saturated carbocycles. The van der Waals surface area contributed by atoms with Crippen molar-refractivity contribution in [1.82, 2.24) is 9.78 Å². The second kappa shape index (κ2) is 4.45. The van der Waals surface area contributed by atoms with Crippen molar-refractivity contribution in [3.63, 3.8) is 0 Å². The molecular weight excluding hydrogens is 226 g/mol. The van der Waals surface area contributed by atoms with Gasteiger partial charge in [-0.25, -0.2) is 8.78 Å². The van der Waals surface area contributed by atoms with Crippen LogP contribution in [0.4, 0.5) is 8.78 Å². The first kappa shape index (κ1) is 11.4. The maximum absolute atomic E-state index is 13.4. The fraction of sp³-hybridized carbons (Fsp3) is 0.167. The predicted octanol–water partition coefficient (Wildman–Crippen LogP) is 2.41. The molecule has 0 N–H and O–H groups in total. The third-order valence-corrected chi connectivity index (χ3v) is 2.42. The van der Waals surface area contributed by atoms with Crippen molar-refractivity contribution in [2.24, 2.45) is 0 Å². The Morgan fingerprint density at radius 2 is 2.12 bits per heavy atom.